The maximum Gasteiger partial charge on any atom is 0.315 e. The highest BCUT2D eigenvalue weighted by Crippen LogP contribution is 2.76. The van der Waals surface area contributed by atoms with Gasteiger partial charge in [-0.25, -0.2) is 0 Å². The summed E-state index contributed by atoms with van der Waals surface area (Å²) >= 11 is 0. The number of esters is 1. The Morgan fingerprint density at radius 1 is 0.495 bits per heavy atom. The van der Waals surface area contributed by atoms with Gasteiger partial charge in [0.25, 0.3) is 0 Å². The van der Waals surface area contributed by atoms with Gasteiger partial charge in [0, 0.05) is 0 Å². The molecule has 11 aliphatic rings. The Balaban J connectivity index is 0.828. The van der Waals surface area contributed by atoms with Gasteiger partial charge in [-0.15, -0.1) is 0 Å². The molecule has 546 valence electrons. The standard InChI is InChI=1S/C65H106O30/c1-25-36(69)41(74)46(79)54(86-25)93-51-37(70)26(2)87-57(49(51)82)94-52-50(92-55-47(80)43(76)39(72)31(22-67)89-55)29(68)23-84-58(52)91-35-13-14-62(7)33(61(35,5)6)12-15-64(9)34(62)11-10-27-28-20-60(3,4)16-18-65(28,19-17-63(27,64)8)59(83)95-56-48(81)44(77)40(73)32(90-56)24-85-53-45(78)42(75)38(71)30(21-66)88-53/h10,25-26,28-58,66-82H,11-24H2,1-9H3/t25-,26-,28-,29-,30+,31+,32-,33-,34+,35-,36-,37-,38+,39+,40-,41+,42-,43-,44+,45+,46+,47+,48-,49+,50-,51+,52+,53+,54-,55-,56+,57-,58-,62-,63+,64+,65-/m0/s1. The number of fused-ring (bicyclic) bond motifs is 7. The maximum absolute atomic E-state index is 15.3. The van der Waals surface area contributed by atoms with Crippen molar-refractivity contribution in [2.75, 3.05) is 26.4 Å². The Morgan fingerprint density at radius 3 is 1.64 bits per heavy atom. The van der Waals surface area contributed by atoms with Gasteiger partial charge in [-0.1, -0.05) is 60.1 Å². The zero-order chi connectivity index (χ0) is 69.3. The van der Waals surface area contributed by atoms with E-state index in [4.69, 9.17) is 56.8 Å². The van der Waals surface area contributed by atoms with Crippen LogP contribution in [0.3, 0.4) is 0 Å². The minimum Gasteiger partial charge on any atom is -0.432 e. The molecular weight excluding hydrogens is 1260 g/mol. The average Bonchev–Trinajstić information content (AvgIpc) is 0.676. The smallest absolute Gasteiger partial charge is 0.315 e. The van der Waals surface area contributed by atoms with Crippen LogP contribution in [0.15, 0.2) is 11.6 Å². The first-order valence-electron chi connectivity index (χ1n) is 34.0. The summed E-state index contributed by atoms with van der Waals surface area (Å²) in [6.45, 7) is 16.1. The summed E-state index contributed by atoms with van der Waals surface area (Å²) in [6.07, 6.45) is -39.4. The lowest BCUT2D eigenvalue weighted by atomic mass is 9.33. The average molecular weight is 1370 g/mol. The molecule has 0 aromatic carbocycles. The van der Waals surface area contributed by atoms with Crippen molar-refractivity contribution in [2.45, 2.75) is 311 Å². The zero-order valence-corrected chi connectivity index (χ0v) is 55.4. The summed E-state index contributed by atoms with van der Waals surface area (Å²) in [4.78, 5) is 15.3. The van der Waals surface area contributed by atoms with Crippen molar-refractivity contribution in [1.29, 1.82) is 0 Å². The normalized spacial score (nSPS) is 54.6. The molecule has 37 atom stereocenters. The summed E-state index contributed by atoms with van der Waals surface area (Å²) in [5.41, 5.74) is -1.70. The summed E-state index contributed by atoms with van der Waals surface area (Å²) in [5.74, 6) is -0.752. The molecule has 95 heavy (non-hydrogen) atoms. The molecule has 0 spiro atoms. The first-order valence-corrected chi connectivity index (χ1v) is 34.0. The lowest BCUT2D eigenvalue weighted by Gasteiger charge is -2.71. The predicted molar refractivity (Wildman–Crippen MR) is 319 cm³/mol. The van der Waals surface area contributed by atoms with Gasteiger partial charge in [-0.3, -0.25) is 4.79 Å². The Hall–Kier alpha value is -1.91. The van der Waals surface area contributed by atoms with E-state index in [0.717, 1.165) is 12.8 Å². The molecule has 6 saturated heterocycles. The molecule has 0 unspecified atom stereocenters. The van der Waals surface area contributed by atoms with Crippen LogP contribution in [0.25, 0.3) is 0 Å². The van der Waals surface area contributed by atoms with Crippen LogP contribution >= 0.6 is 0 Å². The molecule has 17 N–H and O–H groups in total. The van der Waals surface area contributed by atoms with Crippen LogP contribution < -0.4 is 0 Å². The molecule has 30 nitrogen and oxygen atoms in total. The van der Waals surface area contributed by atoms with Gasteiger partial charge in [-0.2, -0.15) is 0 Å². The van der Waals surface area contributed by atoms with Crippen LogP contribution in [-0.2, 0) is 61.6 Å². The quantitative estimate of drug-likeness (QED) is 0.0426. The van der Waals surface area contributed by atoms with E-state index in [9.17, 15) is 86.8 Å². The van der Waals surface area contributed by atoms with Crippen LogP contribution in [0.1, 0.15) is 127 Å². The lowest BCUT2D eigenvalue weighted by molar-refractivity contribution is -0.396. The molecule has 0 aromatic heterocycles. The van der Waals surface area contributed by atoms with E-state index < -0.39 is 233 Å². The molecule has 30 heteroatoms. The van der Waals surface area contributed by atoms with Crippen molar-refractivity contribution < 1.29 is 148 Å². The van der Waals surface area contributed by atoms with Gasteiger partial charge in [0.2, 0.25) is 6.29 Å². The predicted octanol–water partition coefficient (Wildman–Crippen LogP) is -3.69. The third kappa shape index (κ3) is 12.9. The zero-order valence-electron chi connectivity index (χ0n) is 55.4. The Bertz CT molecular complexity index is 2670. The number of allylic oxidation sites excluding steroid dienone is 2. The van der Waals surface area contributed by atoms with Gasteiger partial charge >= 0.3 is 5.97 Å². The summed E-state index contributed by atoms with van der Waals surface area (Å²) in [6, 6.07) is 0. The third-order valence-corrected chi connectivity index (χ3v) is 25.2. The Kier molecular flexibility index (Phi) is 21.7. The summed E-state index contributed by atoms with van der Waals surface area (Å²) in [5, 5.41) is 184. The van der Waals surface area contributed by atoms with Gasteiger partial charge in [0.05, 0.1) is 50.2 Å². The number of hydrogen-bond acceptors (Lipinski definition) is 30. The molecule has 0 bridgehead atoms. The topological polar surface area (TPSA) is 472 Å². The molecule has 5 aliphatic carbocycles. The second-order valence-electron chi connectivity index (χ2n) is 31.4. The first-order chi connectivity index (χ1) is 44.5. The van der Waals surface area contributed by atoms with Crippen LogP contribution in [0.4, 0.5) is 0 Å². The van der Waals surface area contributed by atoms with Crippen LogP contribution in [0.5, 0.6) is 0 Å². The molecule has 6 aliphatic heterocycles. The van der Waals surface area contributed by atoms with Crippen LogP contribution in [0, 0.1) is 50.2 Å². The molecule has 11 rings (SSSR count). The fourth-order valence-electron chi connectivity index (χ4n) is 19.0. The molecule has 4 saturated carbocycles. The van der Waals surface area contributed by atoms with E-state index in [2.05, 4.69) is 54.5 Å². The highest BCUT2D eigenvalue weighted by atomic mass is 16.8. The fraction of sp³-hybridized carbons (Fsp3) is 0.954. The van der Waals surface area contributed by atoms with E-state index >= 15 is 4.79 Å². The van der Waals surface area contributed by atoms with E-state index in [0.29, 0.717) is 51.4 Å². The van der Waals surface area contributed by atoms with E-state index in [1.165, 1.54) is 19.4 Å². The van der Waals surface area contributed by atoms with Gasteiger partial charge in [0.15, 0.2) is 31.5 Å². The molecule has 0 amide bonds. The Labute approximate surface area is 551 Å². The van der Waals surface area contributed by atoms with Crippen molar-refractivity contribution in [1.82, 2.24) is 0 Å². The number of carbonyl (C=O) groups excluding carboxylic acids is 1. The van der Waals surface area contributed by atoms with Crippen molar-refractivity contribution in [3.63, 3.8) is 0 Å². The number of aliphatic hydroxyl groups is 17. The number of ether oxygens (including phenoxy) is 12. The second kappa shape index (κ2) is 27.7. The van der Waals surface area contributed by atoms with E-state index in [1.807, 2.05) is 0 Å². The fourth-order valence-corrected chi connectivity index (χ4v) is 19.0. The molecule has 0 radical (unpaired) electrons. The Morgan fingerprint density at radius 2 is 1.01 bits per heavy atom. The number of hydrogen-bond donors (Lipinski definition) is 17. The van der Waals surface area contributed by atoms with Crippen LogP contribution in [0.2, 0.25) is 0 Å². The summed E-state index contributed by atoms with van der Waals surface area (Å²) in [7, 11) is 0. The van der Waals surface area contributed by atoms with E-state index in [-0.39, 0.29) is 34.0 Å². The van der Waals surface area contributed by atoms with Crippen molar-refractivity contribution in [2.24, 2.45) is 50.2 Å². The molecule has 0 aromatic rings. The highest BCUT2D eigenvalue weighted by Gasteiger charge is 2.71. The second-order valence-corrected chi connectivity index (χ2v) is 31.4. The number of rotatable bonds is 15. The lowest BCUT2D eigenvalue weighted by Crippen LogP contribution is -2.67. The molecule has 6 heterocycles. The number of aliphatic hydroxyl groups excluding tert-OH is 17. The maximum atomic E-state index is 15.3. The van der Waals surface area contributed by atoms with Gasteiger partial charge < -0.3 is 144 Å². The minimum atomic E-state index is -1.92. The highest BCUT2D eigenvalue weighted by molar-refractivity contribution is 5.79. The van der Waals surface area contributed by atoms with Gasteiger partial charge in [-0.05, 0) is 123 Å². The molecular formula is C65H106O30. The third-order valence-electron chi connectivity index (χ3n) is 25.2. The van der Waals surface area contributed by atoms with Crippen molar-refractivity contribution >= 4 is 5.97 Å². The van der Waals surface area contributed by atoms with Crippen molar-refractivity contribution in [3.05, 3.63) is 11.6 Å². The van der Waals surface area contributed by atoms with E-state index in [1.54, 1.807) is 0 Å². The van der Waals surface area contributed by atoms with Crippen molar-refractivity contribution in [3.8, 4) is 0 Å². The largest absolute Gasteiger partial charge is 0.432 e. The van der Waals surface area contributed by atoms with Gasteiger partial charge in [0.1, 0.15) is 128 Å². The monoisotopic (exact) mass is 1370 g/mol. The van der Waals surface area contributed by atoms with Crippen LogP contribution in [-0.4, -0.2) is 303 Å². The molecule has 10 fully saturated rings. The SMILES string of the molecule is C[C@@H]1O[C@@H](O[C@@H]2[C@@H](O)[C@H](C)O[C@@H](O[C@H]3[C@H](O[C@H]4CC[C@]5(C)[C@H]6CC=C7[C@@H]8CC(C)(C)CC[C@]8(C(=O)O[C@H]8O[C@@H](CO[C@@H]9O[C@H](CO)[C@@H](O)[C@H](O)[C@H]9O)[C@H](O)[C@@H](O)[C@@H]8O)CC[C@@]7(C)[C@]6(C)CC[C@H]5C4(C)C)OC[C@H](O)[C@@H]3O[C@@H]3O[C@H](CO)[C@@H](O)[C@H](O)[C@H]3O)[C@@H]2O)[C@H](O)[C@H](O)[C@H]1O. The number of carbonyl (C=O) groups is 1. The summed E-state index contributed by atoms with van der Waals surface area (Å²) < 4.78 is 73.0. The minimum absolute atomic E-state index is 0.0250. The first kappa shape index (κ1) is 74.3.